The monoisotopic (exact) mass is 372 g/mol. The zero-order valence-electron chi connectivity index (χ0n) is 14.4. The molecule has 1 amide bonds. The molecule has 0 atom stereocenters. The van der Waals surface area contributed by atoms with E-state index in [-0.39, 0.29) is 11.5 Å². The number of nitrogens with zero attached hydrogens (tertiary/aromatic N) is 2. The molecule has 136 valence electrons. The van der Waals surface area contributed by atoms with Crippen LogP contribution in [0.2, 0.25) is 0 Å². The Labute approximate surface area is 155 Å². The largest absolute Gasteiger partial charge is 0.478 e. The van der Waals surface area contributed by atoms with Gasteiger partial charge in [0.15, 0.2) is 0 Å². The number of thiophene rings is 1. The lowest BCUT2D eigenvalue weighted by Gasteiger charge is -2.30. The number of ether oxygens (including phenoxy) is 1. The number of likely N-dealkylation sites (N-methyl/N-ethyl adjacent to an activating group) is 1. The maximum absolute atomic E-state index is 12.4. The molecule has 0 saturated carbocycles. The summed E-state index contributed by atoms with van der Waals surface area (Å²) in [6, 6.07) is 8.92. The molecule has 0 unspecified atom stereocenters. The minimum atomic E-state index is -1.01. The topological polar surface area (TPSA) is 70.1 Å². The summed E-state index contributed by atoms with van der Waals surface area (Å²) in [6.07, 6.45) is 3.24. The van der Waals surface area contributed by atoms with Gasteiger partial charge in [-0.05, 0) is 35.7 Å². The van der Waals surface area contributed by atoms with Crippen molar-refractivity contribution in [2.24, 2.45) is 0 Å². The summed E-state index contributed by atoms with van der Waals surface area (Å²) in [4.78, 5) is 28.5. The highest BCUT2D eigenvalue weighted by Gasteiger charge is 2.20. The fourth-order valence-electron chi connectivity index (χ4n) is 2.76. The van der Waals surface area contributed by atoms with Crippen molar-refractivity contribution in [3.05, 3.63) is 52.2 Å². The lowest BCUT2D eigenvalue weighted by atomic mass is 10.1. The standard InChI is InChI=1S/C19H20N2O4S/c1-20(18(22)7-5-15-3-2-12-26-15)14-4-6-17(16(13-14)19(23)24)21-8-10-25-11-9-21/h2-7,12-13H,8-11H2,1H3,(H,23,24)/b7-5+. The van der Waals surface area contributed by atoms with E-state index in [1.54, 1.807) is 42.7 Å². The minimum Gasteiger partial charge on any atom is -0.478 e. The van der Waals surface area contributed by atoms with Crippen molar-refractivity contribution in [3.63, 3.8) is 0 Å². The zero-order valence-corrected chi connectivity index (χ0v) is 15.2. The van der Waals surface area contributed by atoms with Crippen LogP contribution in [0, 0.1) is 0 Å². The van der Waals surface area contributed by atoms with E-state index >= 15 is 0 Å². The third kappa shape index (κ3) is 4.12. The number of carboxylic acid groups (broad SMARTS) is 1. The first kappa shape index (κ1) is 18.2. The number of morpholine rings is 1. The quantitative estimate of drug-likeness (QED) is 0.817. The molecule has 1 saturated heterocycles. The van der Waals surface area contributed by atoms with Crippen LogP contribution < -0.4 is 9.80 Å². The van der Waals surface area contributed by atoms with Crippen LogP contribution in [0.4, 0.5) is 11.4 Å². The maximum Gasteiger partial charge on any atom is 0.337 e. The van der Waals surface area contributed by atoms with Gasteiger partial charge in [0.2, 0.25) is 0 Å². The number of rotatable bonds is 5. The number of carbonyl (C=O) groups is 2. The van der Waals surface area contributed by atoms with E-state index in [0.717, 1.165) is 4.88 Å². The van der Waals surface area contributed by atoms with E-state index < -0.39 is 5.97 Å². The minimum absolute atomic E-state index is 0.186. The Kier molecular flexibility index (Phi) is 5.70. The molecule has 0 aliphatic carbocycles. The third-order valence-corrected chi connectivity index (χ3v) is 5.05. The Balaban J connectivity index is 1.81. The van der Waals surface area contributed by atoms with Crippen molar-refractivity contribution in [3.8, 4) is 0 Å². The third-order valence-electron chi connectivity index (χ3n) is 4.21. The first-order valence-corrected chi connectivity index (χ1v) is 9.13. The van der Waals surface area contributed by atoms with Gasteiger partial charge in [0, 0.05) is 36.8 Å². The molecule has 2 heterocycles. The van der Waals surface area contributed by atoms with Crippen LogP contribution in [0.1, 0.15) is 15.2 Å². The lowest BCUT2D eigenvalue weighted by Crippen LogP contribution is -2.37. The summed E-state index contributed by atoms with van der Waals surface area (Å²) in [5, 5.41) is 11.5. The summed E-state index contributed by atoms with van der Waals surface area (Å²) in [5.74, 6) is -1.22. The molecule has 26 heavy (non-hydrogen) atoms. The van der Waals surface area contributed by atoms with Crippen LogP contribution in [0.3, 0.4) is 0 Å². The zero-order chi connectivity index (χ0) is 18.5. The fraction of sp³-hybridized carbons (Fsp3) is 0.263. The van der Waals surface area contributed by atoms with E-state index in [1.165, 1.54) is 11.0 Å². The summed E-state index contributed by atoms with van der Waals surface area (Å²) in [7, 11) is 1.64. The molecule has 6 nitrogen and oxygen atoms in total. The number of hydrogen-bond donors (Lipinski definition) is 1. The van der Waals surface area contributed by atoms with Gasteiger partial charge in [-0.3, -0.25) is 4.79 Å². The van der Waals surface area contributed by atoms with Crippen molar-refractivity contribution in [2.75, 3.05) is 43.2 Å². The molecule has 0 radical (unpaired) electrons. The predicted octanol–water partition coefficient (Wildman–Crippen LogP) is 2.96. The fourth-order valence-corrected chi connectivity index (χ4v) is 3.38. The van der Waals surface area contributed by atoms with Gasteiger partial charge in [-0.15, -0.1) is 11.3 Å². The second kappa shape index (κ2) is 8.16. The van der Waals surface area contributed by atoms with Crippen molar-refractivity contribution >= 4 is 40.7 Å². The normalized spacial score (nSPS) is 14.6. The molecule has 2 aromatic rings. The average molecular weight is 372 g/mol. The first-order chi connectivity index (χ1) is 12.6. The number of aromatic carboxylic acids is 1. The maximum atomic E-state index is 12.4. The molecule has 1 aromatic carbocycles. The number of benzene rings is 1. The SMILES string of the molecule is CN(C(=O)/C=C/c1cccs1)c1ccc(N2CCOCC2)c(C(=O)O)c1. The van der Waals surface area contributed by atoms with E-state index in [1.807, 2.05) is 22.4 Å². The van der Waals surface area contributed by atoms with E-state index in [9.17, 15) is 14.7 Å². The second-order valence-corrected chi connectivity index (χ2v) is 6.83. The van der Waals surface area contributed by atoms with Gasteiger partial charge >= 0.3 is 5.97 Å². The molecule has 1 fully saturated rings. The number of amides is 1. The Hall–Kier alpha value is -2.64. The molecule has 0 bridgehead atoms. The molecule has 1 aliphatic rings. The molecular weight excluding hydrogens is 352 g/mol. The number of carbonyl (C=O) groups excluding carboxylic acids is 1. The molecular formula is C19H20N2O4S. The van der Waals surface area contributed by atoms with E-state index in [4.69, 9.17) is 4.74 Å². The Morgan fingerprint density at radius 2 is 2.04 bits per heavy atom. The van der Waals surface area contributed by atoms with Crippen LogP contribution >= 0.6 is 11.3 Å². The van der Waals surface area contributed by atoms with Crippen LogP contribution in [-0.2, 0) is 9.53 Å². The smallest absolute Gasteiger partial charge is 0.337 e. The average Bonchev–Trinajstić information content (AvgIpc) is 3.19. The highest BCUT2D eigenvalue weighted by atomic mass is 32.1. The van der Waals surface area contributed by atoms with Crippen molar-refractivity contribution in [1.29, 1.82) is 0 Å². The molecule has 0 spiro atoms. The van der Waals surface area contributed by atoms with Gasteiger partial charge in [0.1, 0.15) is 0 Å². The van der Waals surface area contributed by atoms with Crippen LogP contribution in [0.5, 0.6) is 0 Å². The lowest BCUT2D eigenvalue weighted by molar-refractivity contribution is -0.113. The summed E-state index contributed by atoms with van der Waals surface area (Å²) in [5.41, 5.74) is 1.38. The summed E-state index contributed by atoms with van der Waals surface area (Å²) < 4.78 is 5.32. The van der Waals surface area contributed by atoms with Gasteiger partial charge in [-0.25, -0.2) is 4.79 Å². The van der Waals surface area contributed by atoms with Gasteiger partial charge in [0.05, 0.1) is 24.5 Å². The number of anilines is 2. The molecule has 1 aromatic heterocycles. The molecule has 7 heteroatoms. The Morgan fingerprint density at radius 3 is 2.69 bits per heavy atom. The summed E-state index contributed by atoms with van der Waals surface area (Å²) in [6.45, 7) is 2.45. The van der Waals surface area contributed by atoms with Gasteiger partial charge in [-0.2, -0.15) is 0 Å². The number of carboxylic acids is 1. The predicted molar refractivity (Wildman–Crippen MR) is 103 cm³/mol. The van der Waals surface area contributed by atoms with Crippen molar-refractivity contribution in [2.45, 2.75) is 0 Å². The van der Waals surface area contributed by atoms with Crippen molar-refractivity contribution in [1.82, 2.24) is 0 Å². The van der Waals surface area contributed by atoms with E-state index in [2.05, 4.69) is 0 Å². The Bertz CT molecular complexity index is 811. The highest BCUT2D eigenvalue weighted by Crippen LogP contribution is 2.27. The van der Waals surface area contributed by atoms with Gasteiger partial charge in [-0.1, -0.05) is 6.07 Å². The van der Waals surface area contributed by atoms with E-state index in [0.29, 0.717) is 37.7 Å². The van der Waals surface area contributed by atoms with Crippen molar-refractivity contribution < 1.29 is 19.4 Å². The molecule has 1 aliphatic heterocycles. The van der Waals surface area contributed by atoms with Gasteiger partial charge < -0.3 is 19.6 Å². The second-order valence-electron chi connectivity index (χ2n) is 5.85. The van der Waals surface area contributed by atoms with Gasteiger partial charge in [0.25, 0.3) is 5.91 Å². The number of hydrogen-bond acceptors (Lipinski definition) is 5. The summed E-state index contributed by atoms with van der Waals surface area (Å²) >= 11 is 1.55. The molecule has 1 N–H and O–H groups in total. The Morgan fingerprint density at radius 1 is 1.27 bits per heavy atom. The first-order valence-electron chi connectivity index (χ1n) is 8.25. The van der Waals surface area contributed by atoms with Crippen LogP contribution in [-0.4, -0.2) is 50.3 Å². The van der Waals surface area contributed by atoms with Crippen LogP contribution in [0.25, 0.3) is 6.08 Å². The molecule has 3 rings (SSSR count). The van der Waals surface area contributed by atoms with Crippen LogP contribution in [0.15, 0.2) is 41.8 Å². The highest BCUT2D eigenvalue weighted by molar-refractivity contribution is 7.10.